The Morgan fingerprint density at radius 2 is 1.74 bits per heavy atom. The lowest BCUT2D eigenvalue weighted by Gasteiger charge is -2.18. The molecule has 0 atom stereocenters. The van der Waals surface area contributed by atoms with Gasteiger partial charge in [-0.15, -0.1) is 0 Å². The van der Waals surface area contributed by atoms with Crippen LogP contribution in [0.3, 0.4) is 0 Å². The molecule has 0 aliphatic heterocycles. The van der Waals surface area contributed by atoms with Crippen molar-refractivity contribution in [2.24, 2.45) is 0 Å². The number of hydrogen-bond donors (Lipinski definition) is 1. The monoisotopic (exact) mass is 390 g/mol. The van der Waals surface area contributed by atoms with Gasteiger partial charge in [-0.2, -0.15) is 4.31 Å². The van der Waals surface area contributed by atoms with Gasteiger partial charge in [-0.3, -0.25) is 4.79 Å². The highest BCUT2D eigenvalue weighted by Gasteiger charge is 2.21. The number of nitrogens with one attached hydrogen (secondary N) is 1. The van der Waals surface area contributed by atoms with E-state index >= 15 is 0 Å². The molecule has 6 nitrogen and oxygen atoms in total. The maximum atomic E-state index is 12.5. The summed E-state index contributed by atoms with van der Waals surface area (Å²) in [5, 5.41) is 2.76. The normalized spacial score (nSPS) is 11.4. The summed E-state index contributed by atoms with van der Waals surface area (Å²) in [7, 11) is -3.52. The molecule has 0 heterocycles. The molecule has 7 heteroatoms. The smallest absolute Gasteiger partial charge is 0.251 e. The summed E-state index contributed by atoms with van der Waals surface area (Å²) in [6.45, 7) is 7.09. The zero-order valence-electron chi connectivity index (χ0n) is 15.9. The summed E-state index contributed by atoms with van der Waals surface area (Å²) in [5.41, 5.74) is 1.51. The highest BCUT2D eigenvalue weighted by Crippen LogP contribution is 2.16. The van der Waals surface area contributed by atoms with Gasteiger partial charge in [0.15, 0.2) is 0 Å². The molecule has 0 aromatic heterocycles. The van der Waals surface area contributed by atoms with E-state index < -0.39 is 10.0 Å². The van der Waals surface area contributed by atoms with Gasteiger partial charge in [-0.05, 0) is 48.9 Å². The Kier molecular flexibility index (Phi) is 7.38. The van der Waals surface area contributed by atoms with E-state index in [1.165, 1.54) is 28.6 Å². The number of sulfonamides is 1. The molecule has 2 aromatic rings. The molecular weight excluding hydrogens is 364 g/mol. The number of hydrogen-bond acceptors (Lipinski definition) is 4. The number of rotatable bonds is 9. The molecule has 27 heavy (non-hydrogen) atoms. The standard InChI is InChI=1S/C20H26N2O4S/c1-4-22(5-2)27(24,25)19-11-9-17(10-12-19)20(23)21-13-14-26-18-8-6-7-16(3)15-18/h6-12,15H,4-5,13-14H2,1-3H3,(H,21,23). The molecule has 0 bridgehead atoms. The van der Waals surface area contributed by atoms with Crippen molar-refractivity contribution < 1.29 is 17.9 Å². The fourth-order valence-corrected chi connectivity index (χ4v) is 4.09. The van der Waals surface area contributed by atoms with Crippen LogP contribution >= 0.6 is 0 Å². The van der Waals surface area contributed by atoms with E-state index in [1.54, 1.807) is 13.8 Å². The van der Waals surface area contributed by atoms with Crippen LogP contribution < -0.4 is 10.1 Å². The molecule has 146 valence electrons. The lowest BCUT2D eigenvalue weighted by molar-refractivity contribution is 0.0947. The highest BCUT2D eigenvalue weighted by molar-refractivity contribution is 7.89. The molecule has 0 aliphatic carbocycles. The summed E-state index contributed by atoms with van der Waals surface area (Å²) in [4.78, 5) is 12.4. The van der Waals surface area contributed by atoms with Crippen LogP contribution in [-0.2, 0) is 10.0 Å². The SMILES string of the molecule is CCN(CC)S(=O)(=O)c1ccc(C(=O)NCCOc2cccc(C)c2)cc1. The van der Waals surface area contributed by atoms with Crippen molar-refractivity contribution in [1.29, 1.82) is 0 Å². The van der Waals surface area contributed by atoms with Crippen LogP contribution in [0.2, 0.25) is 0 Å². The number of aryl methyl sites for hydroxylation is 1. The predicted octanol–water partition coefficient (Wildman–Crippen LogP) is 2.83. The Hall–Kier alpha value is -2.38. The first-order valence-electron chi connectivity index (χ1n) is 8.96. The van der Waals surface area contributed by atoms with Gasteiger partial charge < -0.3 is 10.1 Å². The van der Waals surface area contributed by atoms with Crippen molar-refractivity contribution in [1.82, 2.24) is 9.62 Å². The number of carbonyl (C=O) groups is 1. The second-order valence-electron chi connectivity index (χ2n) is 6.03. The van der Waals surface area contributed by atoms with E-state index in [2.05, 4.69) is 5.32 Å². The second kappa shape index (κ2) is 9.53. The first kappa shape index (κ1) is 20.9. The Morgan fingerprint density at radius 1 is 1.07 bits per heavy atom. The van der Waals surface area contributed by atoms with E-state index in [0.717, 1.165) is 11.3 Å². The molecule has 1 N–H and O–H groups in total. The molecular formula is C20H26N2O4S. The quantitative estimate of drug-likeness (QED) is 0.668. The first-order chi connectivity index (χ1) is 12.9. The molecule has 2 aromatic carbocycles. The third-order valence-electron chi connectivity index (χ3n) is 4.11. The number of carbonyl (C=O) groups excluding carboxylic acids is 1. The Bertz CT molecular complexity index is 860. The molecule has 0 spiro atoms. The van der Waals surface area contributed by atoms with Crippen LogP contribution in [0, 0.1) is 6.92 Å². The average molecular weight is 391 g/mol. The summed E-state index contributed by atoms with van der Waals surface area (Å²) in [6, 6.07) is 13.7. The molecule has 1 amide bonds. The molecule has 0 radical (unpaired) electrons. The van der Waals surface area contributed by atoms with Crippen LogP contribution in [0.4, 0.5) is 0 Å². The summed E-state index contributed by atoms with van der Waals surface area (Å²) >= 11 is 0. The van der Waals surface area contributed by atoms with Crippen LogP contribution in [0.25, 0.3) is 0 Å². The highest BCUT2D eigenvalue weighted by atomic mass is 32.2. The van der Waals surface area contributed by atoms with Crippen molar-refractivity contribution in [3.63, 3.8) is 0 Å². The maximum Gasteiger partial charge on any atom is 0.251 e. The zero-order chi connectivity index (χ0) is 19.9. The Labute approximate surface area is 161 Å². The number of nitrogens with zero attached hydrogens (tertiary/aromatic N) is 1. The first-order valence-corrected chi connectivity index (χ1v) is 10.4. The second-order valence-corrected chi connectivity index (χ2v) is 7.97. The van der Waals surface area contributed by atoms with Crippen LogP contribution in [-0.4, -0.2) is 44.9 Å². The van der Waals surface area contributed by atoms with Gasteiger partial charge in [0, 0.05) is 18.7 Å². The zero-order valence-corrected chi connectivity index (χ0v) is 16.8. The third-order valence-corrected chi connectivity index (χ3v) is 6.17. The van der Waals surface area contributed by atoms with Gasteiger partial charge >= 0.3 is 0 Å². The summed E-state index contributed by atoms with van der Waals surface area (Å²) < 4.78 is 31.9. The average Bonchev–Trinajstić information content (AvgIpc) is 2.66. The molecule has 0 fully saturated rings. The van der Waals surface area contributed by atoms with Gasteiger partial charge in [0.05, 0.1) is 11.4 Å². The van der Waals surface area contributed by atoms with E-state index in [9.17, 15) is 13.2 Å². The molecule has 0 unspecified atom stereocenters. The molecule has 2 rings (SSSR count). The minimum atomic E-state index is -3.52. The van der Waals surface area contributed by atoms with E-state index in [-0.39, 0.29) is 10.8 Å². The Balaban J connectivity index is 1.90. The third kappa shape index (κ3) is 5.55. The van der Waals surface area contributed by atoms with Crippen LogP contribution in [0.1, 0.15) is 29.8 Å². The maximum absolute atomic E-state index is 12.5. The summed E-state index contributed by atoms with van der Waals surface area (Å²) in [5.74, 6) is 0.491. The van der Waals surface area contributed by atoms with E-state index in [1.807, 2.05) is 31.2 Å². The van der Waals surface area contributed by atoms with Gasteiger partial charge in [-0.1, -0.05) is 26.0 Å². The van der Waals surface area contributed by atoms with Crippen molar-refractivity contribution in [2.75, 3.05) is 26.2 Å². The van der Waals surface area contributed by atoms with Crippen molar-refractivity contribution in [3.8, 4) is 5.75 Å². The molecule has 0 saturated heterocycles. The number of ether oxygens (including phenoxy) is 1. The minimum absolute atomic E-state index is 0.186. The van der Waals surface area contributed by atoms with Gasteiger partial charge in [0.2, 0.25) is 10.0 Å². The lowest BCUT2D eigenvalue weighted by Crippen LogP contribution is -2.31. The largest absolute Gasteiger partial charge is 0.492 e. The van der Waals surface area contributed by atoms with Crippen molar-refractivity contribution in [2.45, 2.75) is 25.7 Å². The van der Waals surface area contributed by atoms with Crippen molar-refractivity contribution in [3.05, 3.63) is 59.7 Å². The van der Waals surface area contributed by atoms with Gasteiger partial charge in [0.25, 0.3) is 5.91 Å². The van der Waals surface area contributed by atoms with Crippen LogP contribution in [0.15, 0.2) is 53.4 Å². The fraction of sp³-hybridized carbons (Fsp3) is 0.350. The predicted molar refractivity (Wildman–Crippen MR) is 106 cm³/mol. The van der Waals surface area contributed by atoms with Gasteiger partial charge in [0.1, 0.15) is 12.4 Å². The molecule has 0 saturated carbocycles. The van der Waals surface area contributed by atoms with Crippen LogP contribution in [0.5, 0.6) is 5.75 Å². The fourth-order valence-electron chi connectivity index (χ4n) is 2.63. The van der Waals surface area contributed by atoms with Gasteiger partial charge in [-0.25, -0.2) is 8.42 Å². The van der Waals surface area contributed by atoms with Crippen molar-refractivity contribution >= 4 is 15.9 Å². The minimum Gasteiger partial charge on any atom is -0.492 e. The topological polar surface area (TPSA) is 75.7 Å². The van der Waals surface area contributed by atoms with E-state index in [4.69, 9.17) is 4.74 Å². The Morgan fingerprint density at radius 3 is 2.33 bits per heavy atom. The number of amides is 1. The summed E-state index contributed by atoms with van der Waals surface area (Å²) in [6.07, 6.45) is 0. The lowest BCUT2D eigenvalue weighted by atomic mass is 10.2. The number of benzene rings is 2. The van der Waals surface area contributed by atoms with E-state index in [0.29, 0.717) is 31.8 Å². The molecule has 0 aliphatic rings.